The first kappa shape index (κ1) is 19.3. The second-order valence-corrected chi connectivity index (χ2v) is 7.59. The Balaban J connectivity index is 2.84. The molecule has 0 aromatic heterocycles. The van der Waals surface area contributed by atoms with Crippen LogP contribution in [0.1, 0.15) is 60.8 Å². The fourth-order valence-electron chi connectivity index (χ4n) is 2.05. The van der Waals surface area contributed by atoms with E-state index < -0.39 is 23.4 Å². The number of amides is 2. The topological polar surface area (TPSA) is 80.2 Å². The van der Waals surface area contributed by atoms with Gasteiger partial charge >= 0.3 is 12.2 Å². The van der Waals surface area contributed by atoms with Gasteiger partial charge in [0.2, 0.25) is 5.96 Å². The van der Waals surface area contributed by atoms with Crippen molar-refractivity contribution >= 4 is 18.1 Å². The average molecular weight is 327 g/mol. The molecule has 2 amide bonds. The zero-order valence-electron chi connectivity index (χ0n) is 15.1. The number of guanidine groups is 1. The Morgan fingerprint density at radius 2 is 1.43 bits per heavy atom. The van der Waals surface area contributed by atoms with Crippen molar-refractivity contribution in [2.75, 3.05) is 13.1 Å². The Bertz CT molecular complexity index is 455. The minimum Gasteiger partial charge on any atom is -0.444 e. The van der Waals surface area contributed by atoms with Gasteiger partial charge in [-0.25, -0.2) is 9.59 Å². The molecule has 0 atom stereocenters. The first-order valence-electron chi connectivity index (χ1n) is 8.03. The maximum atomic E-state index is 12.0. The van der Waals surface area contributed by atoms with Crippen LogP contribution in [0.5, 0.6) is 0 Å². The van der Waals surface area contributed by atoms with Crippen molar-refractivity contribution in [3.05, 3.63) is 0 Å². The molecule has 0 bridgehead atoms. The van der Waals surface area contributed by atoms with Gasteiger partial charge in [0.1, 0.15) is 11.2 Å². The molecule has 1 rings (SSSR count). The molecule has 1 heterocycles. The van der Waals surface area contributed by atoms with Crippen molar-refractivity contribution in [2.24, 2.45) is 4.99 Å². The summed E-state index contributed by atoms with van der Waals surface area (Å²) in [6.07, 6.45) is 1.74. The maximum Gasteiger partial charge on any atom is 0.437 e. The fraction of sp³-hybridized carbons (Fsp3) is 0.812. The molecule has 0 unspecified atom stereocenters. The summed E-state index contributed by atoms with van der Waals surface area (Å²) in [5.74, 6) is 0.188. The van der Waals surface area contributed by atoms with Gasteiger partial charge in [0.15, 0.2) is 0 Å². The molecule has 1 fully saturated rings. The molecule has 132 valence electrons. The van der Waals surface area contributed by atoms with Crippen LogP contribution in [0.4, 0.5) is 9.59 Å². The summed E-state index contributed by atoms with van der Waals surface area (Å²) in [7, 11) is 0. The minimum absolute atomic E-state index is 0.188. The fourth-order valence-corrected chi connectivity index (χ4v) is 2.05. The van der Waals surface area contributed by atoms with Crippen molar-refractivity contribution in [1.82, 2.24) is 10.2 Å². The molecule has 1 aliphatic rings. The monoisotopic (exact) mass is 327 g/mol. The number of hydrogen-bond donors (Lipinski definition) is 1. The predicted molar refractivity (Wildman–Crippen MR) is 88.5 cm³/mol. The van der Waals surface area contributed by atoms with Gasteiger partial charge in [0.25, 0.3) is 0 Å². The maximum absolute atomic E-state index is 12.0. The van der Waals surface area contributed by atoms with Crippen LogP contribution in [0.2, 0.25) is 0 Å². The molecule has 1 aliphatic heterocycles. The van der Waals surface area contributed by atoms with E-state index in [-0.39, 0.29) is 5.96 Å². The first-order chi connectivity index (χ1) is 10.5. The predicted octanol–water partition coefficient (Wildman–Crippen LogP) is 3.29. The van der Waals surface area contributed by atoms with Crippen LogP contribution in [0, 0.1) is 0 Å². The number of likely N-dealkylation sites (tertiary alicyclic amines) is 1. The summed E-state index contributed by atoms with van der Waals surface area (Å²) in [6.45, 7) is 12.1. The molecule has 0 radical (unpaired) electrons. The number of carbonyl (C=O) groups excluding carboxylic acids is 2. The van der Waals surface area contributed by atoms with Crippen LogP contribution < -0.4 is 5.32 Å². The van der Waals surface area contributed by atoms with Crippen molar-refractivity contribution in [3.8, 4) is 0 Å². The van der Waals surface area contributed by atoms with Gasteiger partial charge in [-0.3, -0.25) is 5.32 Å². The molecule has 23 heavy (non-hydrogen) atoms. The number of aliphatic imine (C=N–C) groups is 1. The molecule has 0 aliphatic carbocycles. The van der Waals surface area contributed by atoms with Gasteiger partial charge in [-0.05, 0) is 60.8 Å². The van der Waals surface area contributed by atoms with E-state index in [0.717, 1.165) is 32.4 Å². The quantitative estimate of drug-likeness (QED) is 0.545. The molecule has 0 spiro atoms. The van der Waals surface area contributed by atoms with Gasteiger partial charge in [-0.1, -0.05) is 0 Å². The number of ether oxygens (including phenoxy) is 2. The van der Waals surface area contributed by atoms with Gasteiger partial charge in [-0.2, -0.15) is 0 Å². The van der Waals surface area contributed by atoms with Crippen molar-refractivity contribution < 1.29 is 19.1 Å². The van der Waals surface area contributed by atoms with Crippen LogP contribution in [0.25, 0.3) is 0 Å². The standard InChI is InChI=1S/C16H29N3O4/c1-15(2,3)22-13(20)17-12(19-10-8-7-9-11-19)18-14(21)23-16(4,5)6/h7-11H2,1-6H3,(H,17,18,20,21). The zero-order chi connectivity index (χ0) is 17.7. The third-order valence-electron chi connectivity index (χ3n) is 2.86. The van der Waals surface area contributed by atoms with E-state index in [4.69, 9.17) is 9.47 Å². The molecule has 1 saturated heterocycles. The second-order valence-electron chi connectivity index (χ2n) is 7.59. The Kier molecular flexibility index (Phi) is 6.41. The molecule has 0 saturated carbocycles. The van der Waals surface area contributed by atoms with Gasteiger partial charge < -0.3 is 14.4 Å². The lowest BCUT2D eigenvalue weighted by molar-refractivity contribution is 0.0553. The summed E-state index contributed by atoms with van der Waals surface area (Å²) < 4.78 is 10.4. The highest BCUT2D eigenvalue weighted by Gasteiger charge is 2.24. The third kappa shape index (κ3) is 8.42. The Morgan fingerprint density at radius 1 is 0.913 bits per heavy atom. The number of carbonyl (C=O) groups is 2. The van der Waals surface area contributed by atoms with E-state index in [1.54, 1.807) is 41.5 Å². The van der Waals surface area contributed by atoms with E-state index in [9.17, 15) is 9.59 Å². The molecule has 0 aromatic carbocycles. The van der Waals surface area contributed by atoms with Gasteiger partial charge in [0.05, 0.1) is 0 Å². The van der Waals surface area contributed by atoms with Crippen molar-refractivity contribution in [3.63, 3.8) is 0 Å². The molecule has 0 aromatic rings. The average Bonchev–Trinajstić information content (AvgIpc) is 2.34. The smallest absolute Gasteiger partial charge is 0.437 e. The first-order valence-corrected chi connectivity index (χ1v) is 8.03. The summed E-state index contributed by atoms with van der Waals surface area (Å²) >= 11 is 0. The number of rotatable bonds is 0. The Hall–Kier alpha value is -1.79. The zero-order valence-corrected chi connectivity index (χ0v) is 15.1. The Labute approximate surface area is 138 Å². The van der Waals surface area contributed by atoms with Crippen LogP contribution in [-0.2, 0) is 9.47 Å². The largest absolute Gasteiger partial charge is 0.444 e. The van der Waals surface area contributed by atoms with E-state index in [1.165, 1.54) is 0 Å². The second kappa shape index (κ2) is 7.66. The highest BCUT2D eigenvalue weighted by atomic mass is 16.6. The molecule has 7 nitrogen and oxygen atoms in total. The minimum atomic E-state index is -0.728. The van der Waals surface area contributed by atoms with Crippen LogP contribution in [0.15, 0.2) is 4.99 Å². The third-order valence-corrected chi connectivity index (χ3v) is 2.86. The highest BCUT2D eigenvalue weighted by molar-refractivity contribution is 5.98. The van der Waals surface area contributed by atoms with Crippen molar-refractivity contribution in [2.45, 2.75) is 72.0 Å². The van der Waals surface area contributed by atoms with Crippen LogP contribution in [0.3, 0.4) is 0 Å². The lowest BCUT2D eigenvalue weighted by Gasteiger charge is -2.30. The van der Waals surface area contributed by atoms with Crippen molar-refractivity contribution in [1.29, 1.82) is 0 Å². The van der Waals surface area contributed by atoms with E-state index >= 15 is 0 Å². The molecule has 1 N–H and O–H groups in total. The Morgan fingerprint density at radius 3 is 1.91 bits per heavy atom. The highest BCUT2D eigenvalue weighted by Crippen LogP contribution is 2.12. The summed E-state index contributed by atoms with van der Waals surface area (Å²) in [5.41, 5.74) is -1.26. The summed E-state index contributed by atoms with van der Waals surface area (Å²) in [6, 6.07) is 0. The van der Waals surface area contributed by atoms with E-state index in [1.807, 2.05) is 4.90 Å². The van der Waals surface area contributed by atoms with E-state index in [2.05, 4.69) is 10.3 Å². The van der Waals surface area contributed by atoms with E-state index in [0.29, 0.717) is 0 Å². The van der Waals surface area contributed by atoms with Gasteiger partial charge in [-0.15, -0.1) is 4.99 Å². The lowest BCUT2D eigenvalue weighted by Crippen LogP contribution is -2.48. The SMILES string of the molecule is CC(C)(C)OC(=O)/N=C(\NC(=O)OC(C)(C)C)N1CCCCC1. The number of nitrogens with one attached hydrogen (secondary N) is 1. The van der Waals surface area contributed by atoms with Crippen LogP contribution in [-0.4, -0.2) is 47.3 Å². The molecule has 7 heteroatoms. The lowest BCUT2D eigenvalue weighted by atomic mass is 10.1. The summed E-state index contributed by atoms with van der Waals surface area (Å²) in [5, 5.41) is 2.57. The van der Waals surface area contributed by atoms with Gasteiger partial charge in [0, 0.05) is 13.1 Å². The van der Waals surface area contributed by atoms with Crippen LogP contribution >= 0.6 is 0 Å². The summed E-state index contributed by atoms with van der Waals surface area (Å²) in [4.78, 5) is 29.7. The number of nitrogens with zero attached hydrogens (tertiary/aromatic N) is 2. The number of hydrogen-bond acceptors (Lipinski definition) is 4. The molecular weight excluding hydrogens is 298 g/mol. The number of piperidine rings is 1. The molecular formula is C16H29N3O4. The normalized spacial score (nSPS) is 16.8. The number of alkyl carbamates (subject to hydrolysis) is 1.